The lowest BCUT2D eigenvalue weighted by Gasteiger charge is -2.18. The summed E-state index contributed by atoms with van der Waals surface area (Å²) in [5.74, 6) is 0.122. The molecule has 1 aromatic carbocycles. The van der Waals surface area contributed by atoms with Crippen LogP contribution in [0.15, 0.2) is 18.2 Å². The summed E-state index contributed by atoms with van der Waals surface area (Å²) in [4.78, 5) is 13.9. The molecule has 0 N–H and O–H groups in total. The van der Waals surface area contributed by atoms with Gasteiger partial charge in [-0.25, -0.2) is 0 Å². The highest BCUT2D eigenvalue weighted by molar-refractivity contribution is 14.1. The second-order valence-corrected chi connectivity index (χ2v) is 5.63. The van der Waals surface area contributed by atoms with Crippen LogP contribution in [0.3, 0.4) is 0 Å². The molecule has 1 rings (SSSR count). The number of rotatable bonds is 3. The molecule has 4 heteroatoms. The van der Waals surface area contributed by atoms with Crippen LogP contribution < -0.4 is 0 Å². The number of amides is 1. The maximum absolute atomic E-state index is 12.0. The fourth-order valence-corrected chi connectivity index (χ4v) is 3.31. The number of carbonyl (C=O) groups excluding carboxylic acids is 1. The van der Waals surface area contributed by atoms with E-state index in [1.807, 2.05) is 30.9 Å². The maximum atomic E-state index is 12.0. The van der Waals surface area contributed by atoms with Gasteiger partial charge in [0.05, 0.1) is 0 Å². The molecule has 0 aromatic heterocycles. The summed E-state index contributed by atoms with van der Waals surface area (Å²) < 4.78 is 2.21. The van der Waals surface area contributed by atoms with Gasteiger partial charge in [0.15, 0.2) is 0 Å². The van der Waals surface area contributed by atoms with Gasteiger partial charge in [-0.3, -0.25) is 4.79 Å². The van der Waals surface area contributed by atoms with E-state index in [1.54, 1.807) is 0 Å². The molecule has 0 fully saturated rings. The average molecular weight is 429 g/mol. The average Bonchev–Trinajstić information content (AvgIpc) is 2.18. The number of carbonyl (C=O) groups is 1. The predicted octanol–water partition coefficient (Wildman–Crippen LogP) is 3.38. The number of hydrogen-bond acceptors (Lipinski definition) is 1. The molecule has 0 atom stereocenters. The van der Waals surface area contributed by atoms with Crippen molar-refractivity contribution < 1.29 is 4.79 Å². The summed E-state index contributed by atoms with van der Waals surface area (Å²) in [6, 6.07) is 5.92. The molecule has 0 aliphatic rings. The van der Waals surface area contributed by atoms with E-state index >= 15 is 0 Å². The highest BCUT2D eigenvalue weighted by Crippen LogP contribution is 2.15. The highest BCUT2D eigenvalue weighted by Gasteiger charge is 2.13. The molecule has 1 amide bonds. The van der Waals surface area contributed by atoms with Crippen LogP contribution in [0.4, 0.5) is 0 Å². The minimum atomic E-state index is 0.122. The monoisotopic (exact) mass is 429 g/mol. The first-order valence-electron chi connectivity index (χ1n) is 4.83. The van der Waals surface area contributed by atoms with Crippen LogP contribution in [-0.2, 0) is 0 Å². The zero-order valence-corrected chi connectivity index (χ0v) is 13.1. The fraction of sp³-hybridized carbons (Fsp3) is 0.364. The predicted molar refractivity (Wildman–Crippen MR) is 79.1 cm³/mol. The van der Waals surface area contributed by atoms with E-state index in [-0.39, 0.29) is 5.91 Å². The van der Waals surface area contributed by atoms with Crippen molar-refractivity contribution in [1.29, 1.82) is 0 Å². The van der Waals surface area contributed by atoms with Crippen LogP contribution in [0.25, 0.3) is 0 Å². The van der Waals surface area contributed by atoms with E-state index in [0.717, 1.165) is 25.8 Å². The number of hydrogen-bond donors (Lipinski definition) is 0. The first kappa shape index (κ1) is 13.2. The second kappa shape index (κ2) is 6.03. The van der Waals surface area contributed by atoms with Crippen LogP contribution in [0, 0.1) is 7.14 Å². The van der Waals surface area contributed by atoms with Gasteiger partial charge in [0.2, 0.25) is 0 Å². The SMILES string of the molecule is CCN(CC)C(=O)c1cc(I)cc(I)c1. The third-order valence-electron chi connectivity index (χ3n) is 2.16. The Morgan fingerprint density at radius 1 is 1.13 bits per heavy atom. The molecule has 0 aliphatic carbocycles. The van der Waals surface area contributed by atoms with E-state index in [4.69, 9.17) is 0 Å². The van der Waals surface area contributed by atoms with Gasteiger partial charge in [-0.2, -0.15) is 0 Å². The lowest BCUT2D eigenvalue weighted by Crippen LogP contribution is -2.30. The summed E-state index contributed by atoms with van der Waals surface area (Å²) in [6.07, 6.45) is 0. The normalized spacial score (nSPS) is 10.1. The molecule has 15 heavy (non-hydrogen) atoms. The Morgan fingerprint density at radius 2 is 1.60 bits per heavy atom. The summed E-state index contributed by atoms with van der Waals surface area (Å²) in [6.45, 7) is 5.52. The van der Waals surface area contributed by atoms with Crippen molar-refractivity contribution in [2.45, 2.75) is 13.8 Å². The lowest BCUT2D eigenvalue weighted by atomic mass is 10.2. The zero-order chi connectivity index (χ0) is 11.4. The topological polar surface area (TPSA) is 20.3 Å². The van der Waals surface area contributed by atoms with Crippen LogP contribution in [0.5, 0.6) is 0 Å². The van der Waals surface area contributed by atoms with Gasteiger partial charge in [-0.1, -0.05) is 0 Å². The Bertz CT molecular complexity index is 341. The Hall–Kier alpha value is 0.150. The molecule has 0 aliphatic heterocycles. The number of halogens is 2. The minimum Gasteiger partial charge on any atom is -0.339 e. The van der Waals surface area contributed by atoms with Crippen molar-refractivity contribution in [3.63, 3.8) is 0 Å². The molecular weight excluding hydrogens is 416 g/mol. The Kier molecular flexibility index (Phi) is 5.31. The van der Waals surface area contributed by atoms with Gasteiger partial charge in [0.25, 0.3) is 5.91 Å². The first-order chi connectivity index (χ1) is 7.08. The van der Waals surface area contributed by atoms with Gasteiger partial charge in [-0.15, -0.1) is 0 Å². The molecule has 0 bridgehead atoms. The van der Waals surface area contributed by atoms with Crippen molar-refractivity contribution in [2.24, 2.45) is 0 Å². The molecule has 0 heterocycles. The molecule has 0 spiro atoms. The first-order valence-corrected chi connectivity index (χ1v) is 6.99. The van der Waals surface area contributed by atoms with Crippen molar-refractivity contribution >= 4 is 51.1 Å². The summed E-state index contributed by atoms with van der Waals surface area (Å²) >= 11 is 4.47. The van der Waals surface area contributed by atoms with Gasteiger partial charge in [-0.05, 0) is 77.2 Å². The molecule has 0 saturated carbocycles. The molecular formula is C11H13I2NO. The van der Waals surface area contributed by atoms with E-state index in [1.165, 1.54) is 0 Å². The van der Waals surface area contributed by atoms with Gasteiger partial charge >= 0.3 is 0 Å². The van der Waals surface area contributed by atoms with Crippen LogP contribution in [0.2, 0.25) is 0 Å². The van der Waals surface area contributed by atoms with Crippen LogP contribution in [0.1, 0.15) is 24.2 Å². The van der Waals surface area contributed by atoms with Gasteiger partial charge in [0, 0.05) is 25.8 Å². The maximum Gasteiger partial charge on any atom is 0.253 e. The lowest BCUT2D eigenvalue weighted by molar-refractivity contribution is 0.0773. The Morgan fingerprint density at radius 3 is 2.00 bits per heavy atom. The summed E-state index contributed by atoms with van der Waals surface area (Å²) in [5, 5.41) is 0. The molecule has 2 nitrogen and oxygen atoms in total. The molecule has 0 unspecified atom stereocenters. The number of benzene rings is 1. The molecule has 82 valence electrons. The fourth-order valence-electron chi connectivity index (χ4n) is 1.37. The molecule has 0 saturated heterocycles. The number of nitrogens with zero attached hydrogens (tertiary/aromatic N) is 1. The second-order valence-electron chi connectivity index (χ2n) is 3.14. The third-order valence-corrected chi connectivity index (χ3v) is 3.41. The van der Waals surface area contributed by atoms with Crippen molar-refractivity contribution in [2.75, 3.05) is 13.1 Å². The quantitative estimate of drug-likeness (QED) is 0.676. The highest BCUT2D eigenvalue weighted by atomic mass is 127. The standard InChI is InChI=1S/C11H13I2NO/c1-3-14(4-2)11(15)8-5-9(12)7-10(13)6-8/h5-7H,3-4H2,1-2H3. The summed E-state index contributed by atoms with van der Waals surface area (Å²) in [7, 11) is 0. The zero-order valence-electron chi connectivity index (χ0n) is 8.76. The van der Waals surface area contributed by atoms with E-state index in [9.17, 15) is 4.79 Å². The van der Waals surface area contributed by atoms with Crippen molar-refractivity contribution in [1.82, 2.24) is 4.90 Å². The molecule has 0 radical (unpaired) electrons. The summed E-state index contributed by atoms with van der Waals surface area (Å²) in [5.41, 5.74) is 0.787. The van der Waals surface area contributed by atoms with Gasteiger partial charge < -0.3 is 4.90 Å². The van der Waals surface area contributed by atoms with Crippen LogP contribution >= 0.6 is 45.2 Å². The largest absolute Gasteiger partial charge is 0.339 e. The smallest absolute Gasteiger partial charge is 0.253 e. The third kappa shape index (κ3) is 3.58. The van der Waals surface area contributed by atoms with Crippen molar-refractivity contribution in [3.8, 4) is 0 Å². The van der Waals surface area contributed by atoms with Gasteiger partial charge in [0.1, 0.15) is 0 Å². The van der Waals surface area contributed by atoms with Crippen molar-refractivity contribution in [3.05, 3.63) is 30.9 Å². The Labute approximate surface area is 118 Å². The van der Waals surface area contributed by atoms with Crippen LogP contribution in [-0.4, -0.2) is 23.9 Å². The van der Waals surface area contributed by atoms with E-state index in [0.29, 0.717) is 0 Å². The Balaban J connectivity index is 3.00. The minimum absolute atomic E-state index is 0.122. The van der Waals surface area contributed by atoms with E-state index in [2.05, 4.69) is 51.2 Å². The molecule has 1 aromatic rings. The van der Waals surface area contributed by atoms with E-state index < -0.39 is 0 Å².